The number of rotatable bonds is 3. The van der Waals surface area contributed by atoms with E-state index in [2.05, 4.69) is 28.3 Å². The number of hydrogen-bond donors (Lipinski definition) is 2. The number of pyridine rings is 1. The summed E-state index contributed by atoms with van der Waals surface area (Å²) in [6.45, 7) is 1.12. The predicted octanol–water partition coefficient (Wildman–Crippen LogP) is 2.33. The van der Waals surface area contributed by atoms with Crippen LogP contribution in [0.4, 0.5) is 11.5 Å². The highest BCUT2D eigenvalue weighted by Crippen LogP contribution is 2.35. The number of nitrogens with two attached hydrogens (primary N) is 1. The van der Waals surface area contributed by atoms with Gasteiger partial charge in [-0.2, -0.15) is 12.6 Å². The molecule has 16 heavy (non-hydrogen) atoms. The molecule has 3 nitrogen and oxygen atoms in total. The van der Waals surface area contributed by atoms with Crippen molar-refractivity contribution in [3.05, 3.63) is 17.8 Å². The van der Waals surface area contributed by atoms with Gasteiger partial charge in [0.25, 0.3) is 0 Å². The van der Waals surface area contributed by atoms with Gasteiger partial charge in [-0.1, -0.05) is 0 Å². The van der Waals surface area contributed by atoms with E-state index in [1.54, 1.807) is 0 Å². The van der Waals surface area contributed by atoms with Crippen LogP contribution in [0, 0.1) is 0 Å². The van der Waals surface area contributed by atoms with Crippen molar-refractivity contribution in [2.75, 3.05) is 28.9 Å². The number of nitrogens with zero attached hydrogens (tertiary/aromatic N) is 2. The molecule has 2 N–H and O–H groups in total. The van der Waals surface area contributed by atoms with Gasteiger partial charge in [0.05, 0.1) is 5.69 Å². The maximum atomic E-state index is 5.95. The minimum atomic E-state index is 0.664. The molecule has 1 aliphatic heterocycles. The first kappa shape index (κ1) is 12.0. The lowest BCUT2D eigenvalue weighted by atomic mass is 10.2. The van der Waals surface area contributed by atoms with Gasteiger partial charge in [-0.3, -0.25) is 0 Å². The fourth-order valence-corrected chi connectivity index (χ4v) is 3.48. The van der Waals surface area contributed by atoms with Crippen LogP contribution in [0.25, 0.3) is 0 Å². The van der Waals surface area contributed by atoms with Crippen LogP contribution < -0.4 is 10.4 Å². The van der Waals surface area contributed by atoms with E-state index in [0.717, 1.165) is 33.1 Å². The summed E-state index contributed by atoms with van der Waals surface area (Å²) < 4.78 is 2.38. The van der Waals surface area contributed by atoms with Crippen LogP contribution in [-0.4, -0.2) is 23.4 Å². The fourth-order valence-electron chi connectivity index (χ4n) is 1.88. The van der Waals surface area contributed by atoms with Crippen molar-refractivity contribution in [2.24, 2.45) is 0 Å². The van der Waals surface area contributed by atoms with Crippen molar-refractivity contribution in [3.63, 3.8) is 0 Å². The predicted molar refractivity (Wildman–Crippen MR) is 76.0 cm³/mol. The normalized spacial score (nSPS) is 17.9. The molecule has 1 aromatic heterocycles. The molecule has 1 atom stereocenters. The van der Waals surface area contributed by atoms with E-state index in [9.17, 15) is 0 Å². The Morgan fingerprint density at radius 2 is 2.38 bits per heavy atom. The van der Waals surface area contributed by atoms with Gasteiger partial charge in [-0.25, -0.2) is 4.98 Å². The Balaban J connectivity index is 2.19. The summed E-state index contributed by atoms with van der Waals surface area (Å²) in [7, 11) is 0.859. The van der Waals surface area contributed by atoms with Gasteiger partial charge in [0.1, 0.15) is 5.82 Å². The van der Waals surface area contributed by atoms with Crippen LogP contribution in [0.5, 0.6) is 0 Å². The lowest BCUT2D eigenvalue weighted by Crippen LogP contribution is -2.21. The SMILES string of the molecule is Nc1ncc(CCS)cc1N1CCCCP1. The summed E-state index contributed by atoms with van der Waals surface area (Å²) in [6, 6.07) is 2.18. The van der Waals surface area contributed by atoms with Crippen LogP contribution in [0.3, 0.4) is 0 Å². The van der Waals surface area contributed by atoms with Gasteiger partial charge < -0.3 is 10.4 Å². The number of nitrogen functional groups attached to an aromatic ring is 1. The summed E-state index contributed by atoms with van der Waals surface area (Å²) in [5.74, 6) is 1.52. The first-order valence-corrected chi connectivity index (χ1v) is 7.46. The summed E-state index contributed by atoms with van der Waals surface area (Å²) >= 11 is 4.25. The Labute approximate surface area is 104 Å². The third-order valence-corrected chi connectivity index (χ3v) is 4.40. The molecule has 0 spiro atoms. The lowest BCUT2D eigenvalue weighted by molar-refractivity contribution is 0.784. The smallest absolute Gasteiger partial charge is 0.147 e. The number of aryl methyl sites for hydroxylation is 1. The molecule has 2 rings (SSSR count). The zero-order valence-corrected chi connectivity index (χ0v) is 11.2. The minimum Gasteiger partial charge on any atom is -0.382 e. The largest absolute Gasteiger partial charge is 0.382 e. The maximum Gasteiger partial charge on any atom is 0.147 e. The summed E-state index contributed by atoms with van der Waals surface area (Å²) in [5.41, 5.74) is 8.30. The molecule has 0 bridgehead atoms. The molecule has 0 aromatic carbocycles. The molecular weight excluding hydrogens is 237 g/mol. The van der Waals surface area contributed by atoms with Crippen LogP contribution in [0.15, 0.2) is 12.3 Å². The molecular formula is C11H18N3PS. The Morgan fingerprint density at radius 1 is 1.50 bits per heavy atom. The van der Waals surface area contributed by atoms with Crippen molar-refractivity contribution >= 4 is 32.9 Å². The highest BCUT2D eigenvalue weighted by molar-refractivity contribution is 7.80. The Hall–Kier alpha value is -0.470. The summed E-state index contributed by atoms with van der Waals surface area (Å²) in [4.78, 5) is 4.28. The first-order valence-electron chi connectivity index (χ1n) is 5.67. The van der Waals surface area contributed by atoms with Crippen molar-refractivity contribution in [2.45, 2.75) is 19.3 Å². The molecule has 1 aliphatic rings. The monoisotopic (exact) mass is 255 g/mol. The van der Waals surface area contributed by atoms with E-state index < -0.39 is 0 Å². The molecule has 2 heterocycles. The highest BCUT2D eigenvalue weighted by Gasteiger charge is 2.14. The molecule has 88 valence electrons. The van der Waals surface area contributed by atoms with E-state index in [4.69, 9.17) is 5.73 Å². The van der Waals surface area contributed by atoms with Gasteiger partial charge in [-0.05, 0) is 51.5 Å². The maximum absolute atomic E-state index is 5.95. The van der Waals surface area contributed by atoms with Gasteiger partial charge >= 0.3 is 0 Å². The van der Waals surface area contributed by atoms with Crippen LogP contribution in [0.2, 0.25) is 0 Å². The van der Waals surface area contributed by atoms with Gasteiger partial charge in [0.2, 0.25) is 0 Å². The second-order valence-electron chi connectivity index (χ2n) is 3.99. The van der Waals surface area contributed by atoms with E-state index in [1.165, 1.54) is 24.6 Å². The zero-order valence-electron chi connectivity index (χ0n) is 9.32. The topological polar surface area (TPSA) is 42.1 Å². The average Bonchev–Trinajstić information content (AvgIpc) is 2.33. The second-order valence-corrected chi connectivity index (χ2v) is 5.79. The Bertz CT molecular complexity index is 353. The molecule has 1 fully saturated rings. The van der Waals surface area contributed by atoms with Crippen molar-refractivity contribution in [3.8, 4) is 0 Å². The van der Waals surface area contributed by atoms with E-state index in [0.29, 0.717) is 5.82 Å². The van der Waals surface area contributed by atoms with Gasteiger partial charge in [0, 0.05) is 12.7 Å². The van der Waals surface area contributed by atoms with Gasteiger partial charge in [0.15, 0.2) is 0 Å². The van der Waals surface area contributed by atoms with E-state index >= 15 is 0 Å². The fraction of sp³-hybridized carbons (Fsp3) is 0.545. The van der Waals surface area contributed by atoms with Gasteiger partial charge in [-0.15, -0.1) is 0 Å². The van der Waals surface area contributed by atoms with E-state index in [1.807, 2.05) is 6.20 Å². The third kappa shape index (κ3) is 2.80. The molecule has 1 unspecified atom stereocenters. The summed E-state index contributed by atoms with van der Waals surface area (Å²) in [5, 5.41) is 0. The van der Waals surface area contributed by atoms with Crippen LogP contribution >= 0.6 is 21.4 Å². The standard InChI is InChI=1S/C11H18N3PS/c12-11-10(14-4-1-2-5-15-14)7-9(3-6-16)8-13-11/h7-8,15-16H,1-6H2,(H2,12,13). The highest BCUT2D eigenvalue weighted by atomic mass is 32.1. The molecule has 5 heteroatoms. The number of aromatic nitrogens is 1. The third-order valence-electron chi connectivity index (χ3n) is 2.76. The Morgan fingerprint density at radius 3 is 3.06 bits per heavy atom. The molecule has 0 radical (unpaired) electrons. The van der Waals surface area contributed by atoms with Crippen molar-refractivity contribution in [1.29, 1.82) is 0 Å². The Kier molecular flexibility index (Phi) is 4.30. The van der Waals surface area contributed by atoms with Crippen LogP contribution in [0.1, 0.15) is 18.4 Å². The number of anilines is 2. The first-order chi connectivity index (χ1) is 7.81. The molecule has 0 amide bonds. The van der Waals surface area contributed by atoms with Crippen molar-refractivity contribution in [1.82, 2.24) is 4.98 Å². The average molecular weight is 255 g/mol. The quantitative estimate of drug-likeness (QED) is 0.643. The minimum absolute atomic E-state index is 0.664. The zero-order chi connectivity index (χ0) is 11.4. The number of hydrogen-bond acceptors (Lipinski definition) is 4. The molecule has 1 saturated heterocycles. The second kappa shape index (κ2) is 5.74. The lowest BCUT2D eigenvalue weighted by Gasteiger charge is -2.29. The number of thiol groups is 1. The van der Waals surface area contributed by atoms with Crippen molar-refractivity contribution < 1.29 is 0 Å². The molecule has 0 aliphatic carbocycles. The van der Waals surface area contributed by atoms with Crippen LogP contribution in [-0.2, 0) is 6.42 Å². The summed E-state index contributed by atoms with van der Waals surface area (Å²) in [6.07, 6.45) is 6.72. The molecule has 0 saturated carbocycles. The van der Waals surface area contributed by atoms with E-state index in [-0.39, 0.29) is 0 Å². The molecule has 1 aromatic rings.